The first-order chi connectivity index (χ1) is 5.70. The van der Waals surface area contributed by atoms with Gasteiger partial charge in [-0.3, -0.25) is 0 Å². The molecule has 1 rings (SSSR count). The topological polar surface area (TPSA) is 46.2 Å². The van der Waals surface area contributed by atoms with Crippen LogP contribution in [0.2, 0.25) is 0 Å². The van der Waals surface area contributed by atoms with Crippen molar-refractivity contribution in [3.05, 3.63) is 35.9 Å². The van der Waals surface area contributed by atoms with Gasteiger partial charge in [0.05, 0.1) is 6.10 Å². The molecule has 66 valence electrons. The van der Waals surface area contributed by atoms with E-state index >= 15 is 0 Å². The van der Waals surface area contributed by atoms with Crippen LogP contribution in [0.25, 0.3) is 0 Å². The molecule has 2 nitrogen and oxygen atoms in total. The van der Waals surface area contributed by atoms with Gasteiger partial charge < -0.3 is 10.8 Å². The van der Waals surface area contributed by atoms with E-state index in [0.717, 1.165) is 6.42 Å². The smallest absolute Gasteiger partial charge is 0.0666 e. The SMILES string of the molecule is CC(O)C(N)Cc1ccccc1. The maximum Gasteiger partial charge on any atom is 0.0666 e. The molecular weight excluding hydrogens is 150 g/mol. The molecule has 3 N–H and O–H groups in total. The highest BCUT2D eigenvalue weighted by Gasteiger charge is 2.08. The first-order valence-corrected chi connectivity index (χ1v) is 4.17. The fourth-order valence-corrected chi connectivity index (χ4v) is 1.06. The lowest BCUT2D eigenvalue weighted by Gasteiger charge is -2.13. The van der Waals surface area contributed by atoms with Crippen LogP contribution in [-0.2, 0) is 6.42 Å². The van der Waals surface area contributed by atoms with E-state index in [4.69, 9.17) is 10.8 Å². The highest BCUT2D eigenvalue weighted by molar-refractivity contribution is 5.15. The molecule has 0 aromatic heterocycles. The zero-order chi connectivity index (χ0) is 8.97. The maximum absolute atomic E-state index is 9.16. The summed E-state index contributed by atoms with van der Waals surface area (Å²) in [5.74, 6) is 0. The lowest BCUT2D eigenvalue weighted by atomic mass is 10.0. The standard InChI is InChI=1S/C10H15NO/c1-8(12)10(11)7-9-5-3-2-4-6-9/h2-6,8,10,12H,7,11H2,1H3. The molecule has 0 radical (unpaired) electrons. The molecule has 0 amide bonds. The second-order valence-electron chi connectivity index (χ2n) is 3.09. The molecule has 2 unspecified atom stereocenters. The van der Waals surface area contributed by atoms with Crippen molar-refractivity contribution in [3.8, 4) is 0 Å². The van der Waals surface area contributed by atoms with E-state index < -0.39 is 6.10 Å². The van der Waals surface area contributed by atoms with Gasteiger partial charge in [0, 0.05) is 6.04 Å². The Morgan fingerprint density at radius 3 is 2.42 bits per heavy atom. The van der Waals surface area contributed by atoms with Crippen LogP contribution in [0.15, 0.2) is 30.3 Å². The van der Waals surface area contributed by atoms with E-state index in [-0.39, 0.29) is 6.04 Å². The van der Waals surface area contributed by atoms with Crippen molar-refractivity contribution >= 4 is 0 Å². The summed E-state index contributed by atoms with van der Waals surface area (Å²) in [6.45, 7) is 1.72. The Bertz CT molecular complexity index is 221. The van der Waals surface area contributed by atoms with Gasteiger partial charge in [0.15, 0.2) is 0 Å². The molecule has 2 atom stereocenters. The Morgan fingerprint density at radius 2 is 1.92 bits per heavy atom. The Balaban J connectivity index is 2.53. The highest BCUT2D eigenvalue weighted by atomic mass is 16.3. The summed E-state index contributed by atoms with van der Waals surface area (Å²) in [4.78, 5) is 0. The first kappa shape index (κ1) is 9.23. The second-order valence-corrected chi connectivity index (χ2v) is 3.09. The quantitative estimate of drug-likeness (QED) is 0.700. The third-order valence-corrected chi connectivity index (χ3v) is 1.93. The van der Waals surface area contributed by atoms with Gasteiger partial charge >= 0.3 is 0 Å². The molecule has 0 aliphatic heterocycles. The number of nitrogens with two attached hydrogens (primary N) is 1. The molecular formula is C10H15NO. The van der Waals surface area contributed by atoms with Crippen LogP contribution in [0.5, 0.6) is 0 Å². The van der Waals surface area contributed by atoms with Crippen molar-refractivity contribution in [1.82, 2.24) is 0 Å². The zero-order valence-electron chi connectivity index (χ0n) is 7.27. The van der Waals surface area contributed by atoms with Crippen molar-refractivity contribution in [1.29, 1.82) is 0 Å². The number of benzene rings is 1. The largest absolute Gasteiger partial charge is 0.392 e. The second kappa shape index (κ2) is 4.24. The van der Waals surface area contributed by atoms with E-state index in [9.17, 15) is 0 Å². The van der Waals surface area contributed by atoms with Gasteiger partial charge in [-0.15, -0.1) is 0 Å². The van der Waals surface area contributed by atoms with Crippen LogP contribution >= 0.6 is 0 Å². The molecule has 0 spiro atoms. The molecule has 0 saturated carbocycles. The zero-order valence-corrected chi connectivity index (χ0v) is 7.27. The van der Waals surface area contributed by atoms with Crippen LogP contribution in [0.4, 0.5) is 0 Å². The van der Waals surface area contributed by atoms with Gasteiger partial charge in [0.1, 0.15) is 0 Å². The summed E-state index contributed by atoms with van der Waals surface area (Å²) in [5.41, 5.74) is 6.87. The summed E-state index contributed by atoms with van der Waals surface area (Å²) < 4.78 is 0. The monoisotopic (exact) mass is 165 g/mol. The average molecular weight is 165 g/mol. The minimum Gasteiger partial charge on any atom is -0.392 e. The normalized spacial score (nSPS) is 15.6. The van der Waals surface area contributed by atoms with Crippen LogP contribution in [-0.4, -0.2) is 17.3 Å². The molecule has 1 aromatic rings. The number of rotatable bonds is 3. The molecule has 0 aliphatic carbocycles. The molecule has 0 bridgehead atoms. The minimum atomic E-state index is -0.440. The van der Waals surface area contributed by atoms with Crippen molar-refractivity contribution in [3.63, 3.8) is 0 Å². The maximum atomic E-state index is 9.16. The average Bonchev–Trinajstić information content (AvgIpc) is 2.06. The summed E-state index contributed by atoms with van der Waals surface area (Å²) in [6, 6.07) is 9.79. The lowest BCUT2D eigenvalue weighted by molar-refractivity contribution is 0.163. The van der Waals surface area contributed by atoms with Crippen LogP contribution in [0.3, 0.4) is 0 Å². The van der Waals surface area contributed by atoms with Crippen LogP contribution in [0.1, 0.15) is 12.5 Å². The number of hydrogen-bond acceptors (Lipinski definition) is 2. The highest BCUT2D eigenvalue weighted by Crippen LogP contribution is 2.03. The Labute approximate surface area is 73.0 Å². The van der Waals surface area contributed by atoms with E-state index in [1.165, 1.54) is 5.56 Å². The van der Waals surface area contributed by atoms with Gasteiger partial charge in [-0.25, -0.2) is 0 Å². The van der Waals surface area contributed by atoms with Gasteiger partial charge in [-0.05, 0) is 18.9 Å². The number of hydrogen-bond donors (Lipinski definition) is 2. The van der Waals surface area contributed by atoms with E-state index in [1.54, 1.807) is 6.92 Å². The summed E-state index contributed by atoms with van der Waals surface area (Å²) in [6.07, 6.45) is 0.295. The van der Waals surface area contributed by atoms with Crippen molar-refractivity contribution < 1.29 is 5.11 Å². The molecule has 0 heterocycles. The third-order valence-electron chi connectivity index (χ3n) is 1.93. The molecule has 12 heavy (non-hydrogen) atoms. The van der Waals surface area contributed by atoms with E-state index in [0.29, 0.717) is 0 Å². The number of aliphatic hydroxyl groups is 1. The predicted octanol–water partition coefficient (Wildman–Crippen LogP) is 0.937. The van der Waals surface area contributed by atoms with Gasteiger partial charge in [-0.2, -0.15) is 0 Å². The molecule has 0 saturated heterocycles. The lowest BCUT2D eigenvalue weighted by Crippen LogP contribution is -2.34. The number of aliphatic hydroxyl groups excluding tert-OH is 1. The molecule has 2 heteroatoms. The molecule has 1 aromatic carbocycles. The Morgan fingerprint density at radius 1 is 1.33 bits per heavy atom. The van der Waals surface area contributed by atoms with Gasteiger partial charge in [-0.1, -0.05) is 30.3 Å². The van der Waals surface area contributed by atoms with Gasteiger partial charge in [0.2, 0.25) is 0 Å². The van der Waals surface area contributed by atoms with Crippen molar-refractivity contribution in [2.75, 3.05) is 0 Å². The van der Waals surface area contributed by atoms with Gasteiger partial charge in [0.25, 0.3) is 0 Å². The minimum absolute atomic E-state index is 0.160. The Hall–Kier alpha value is -0.860. The summed E-state index contributed by atoms with van der Waals surface area (Å²) >= 11 is 0. The third kappa shape index (κ3) is 2.64. The Kier molecular flexibility index (Phi) is 3.26. The predicted molar refractivity (Wildman–Crippen MR) is 49.8 cm³/mol. The van der Waals surface area contributed by atoms with Crippen molar-refractivity contribution in [2.45, 2.75) is 25.5 Å². The fraction of sp³-hybridized carbons (Fsp3) is 0.400. The molecule has 0 aliphatic rings. The van der Waals surface area contributed by atoms with Crippen LogP contribution < -0.4 is 5.73 Å². The van der Waals surface area contributed by atoms with E-state index in [1.807, 2.05) is 30.3 Å². The van der Waals surface area contributed by atoms with Crippen molar-refractivity contribution in [2.24, 2.45) is 5.73 Å². The summed E-state index contributed by atoms with van der Waals surface area (Å²) in [5, 5.41) is 9.16. The van der Waals surface area contributed by atoms with E-state index in [2.05, 4.69) is 0 Å². The summed E-state index contributed by atoms with van der Waals surface area (Å²) in [7, 11) is 0. The first-order valence-electron chi connectivity index (χ1n) is 4.17. The fourth-order valence-electron chi connectivity index (χ4n) is 1.06. The molecule has 0 fully saturated rings. The van der Waals surface area contributed by atoms with Crippen LogP contribution in [0, 0.1) is 0 Å².